The number of epoxide rings is 1. The van der Waals surface area contributed by atoms with Crippen molar-refractivity contribution < 1.29 is 9.53 Å². The largest absolute Gasteiger partial charge is 0.364 e. The van der Waals surface area contributed by atoms with Gasteiger partial charge in [0.05, 0.1) is 11.5 Å². The molecule has 1 aliphatic rings. The molecule has 4 heteroatoms. The van der Waals surface area contributed by atoms with Crippen LogP contribution >= 0.6 is 27.3 Å². The van der Waals surface area contributed by atoms with E-state index < -0.39 is 0 Å². The number of hydrogen-bond acceptors (Lipinski definition) is 3. The summed E-state index contributed by atoms with van der Waals surface area (Å²) in [4.78, 5) is 12.1. The second kappa shape index (κ2) is 2.69. The van der Waals surface area contributed by atoms with Crippen LogP contribution in [0.3, 0.4) is 0 Å². The number of carbonyl (C=O) groups excluding carboxylic acids is 1. The fourth-order valence-electron chi connectivity index (χ4n) is 0.800. The lowest BCUT2D eigenvalue weighted by Crippen LogP contribution is -2.03. The van der Waals surface area contributed by atoms with E-state index >= 15 is 0 Å². The van der Waals surface area contributed by atoms with Crippen molar-refractivity contribution >= 4 is 33.0 Å². The van der Waals surface area contributed by atoms with E-state index in [0.717, 1.165) is 9.35 Å². The number of thiophene rings is 1. The van der Waals surface area contributed by atoms with Crippen LogP contribution in [-0.4, -0.2) is 18.5 Å². The summed E-state index contributed by atoms with van der Waals surface area (Å²) in [5, 5.41) is 1.90. The molecule has 1 aliphatic heterocycles. The van der Waals surface area contributed by atoms with Gasteiger partial charge in [0.25, 0.3) is 0 Å². The number of halogens is 1. The quantitative estimate of drug-likeness (QED) is 0.578. The van der Waals surface area contributed by atoms with Crippen molar-refractivity contribution in [2.75, 3.05) is 6.61 Å². The van der Waals surface area contributed by atoms with Crippen molar-refractivity contribution in [3.05, 3.63) is 20.8 Å². The van der Waals surface area contributed by atoms with Gasteiger partial charge in [-0.2, -0.15) is 0 Å². The van der Waals surface area contributed by atoms with Gasteiger partial charge >= 0.3 is 0 Å². The van der Waals surface area contributed by atoms with E-state index in [-0.39, 0.29) is 11.9 Å². The second-order valence-corrected chi connectivity index (χ2v) is 4.14. The number of ketones is 1. The lowest BCUT2D eigenvalue weighted by molar-refractivity contribution is 0.0957. The fraction of sp³-hybridized carbons (Fsp3) is 0.286. The lowest BCUT2D eigenvalue weighted by Gasteiger charge is -1.86. The Morgan fingerprint density at radius 1 is 1.82 bits per heavy atom. The molecule has 1 aromatic heterocycles. The molecular formula is C7H5BrO2S. The molecule has 0 N–H and O–H groups in total. The Morgan fingerprint density at radius 3 is 3.00 bits per heavy atom. The van der Waals surface area contributed by atoms with Crippen LogP contribution < -0.4 is 0 Å². The van der Waals surface area contributed by atoms with Gasteiger partial charge in [0.2, 0.25) is 5.78 Å². The van der Waals surface area contributed by atoms with E-state index in [4.69, 9.17) is 4.74 Å². The van der Waals surface area contributed by atoms with E-state index in [9.17, 15) is 4.79 Å². The van der Waals surface area contributed by atoms with Crippen LogP contribution in [-0.2, 0) is 4.74 Å². The SMILES string of the molecule is O=C(c1cc(Br)cs1)C1CO1. The smallest absolute Gasteiger partial charge is 0.203 e. The highest BCUT2D eigenvalue weighted by molar-refractivity contribution is 9.10. The van der Waals surface area contributed by atoms with Gasteiger partial charge in [0.15, 0.2) is 0 Å². The first-order valence-corrected chi connectivity index (χ1v) is 4.84. The Morgan fingerprint density at radius 2 is 2.55 bits per heavy atom. The molecule has 0 bridgehead atoms. The first-order valence-electron chi connectivity index (χ1n) is 3.17. The molecule has 11 heavy (non-hydrogen) atoms. The van der Waals surface area contributed by atoms with Gasteiger partial charge in [-0.3, -0.25) is 4.79 Å². The van der Waals surface area contributed by atoms with Crippen LogP contribution in [0.5, 0.6) is 0 Å². The van der Waals surface area contributed by atoms with E-state index in [1.807, 2.05) is 11.4 Å². The minimum absolute atomic E-state index is 0.112. The number of Topliss-reactive ketones (excluding diaryl/α,β-unsaturated/α-hetero) is 1. The first kappa shape index (κ1) is 7.46. The summed E-state index contributed by atoms with van der Waals surface area (Å²) >= 11 is 4.74. The highest BCUT2D eigenvalue weighted by Gasteiger charge is 2.32. The summed E-state index contributed by atoms with van der Waals surface area (Å²) in [6, 6.07) is 1.83. The monoisotopic (exact) mass is 232 g/mol. The predicted octanol–water partition coefficient (Wildman–Crippen LogP) is 2.09. The maximum atomic E-state index is 11.3. The van der Waals surface area contributed by atoms with Crippen molar-refractivity contribution in [2.45, 2.75) is 6.10 Å². The molecule has 0 amide bonds. The predicted molar refractivity (Wildman–Crippen MR) is 46.1 cm³/mol. The van der Waals surface area contributed by atoms with Crippen LogP contribution in [0.2, 0.25) is 0 Å². The zero-order chi connectivity index (χ0) is 7.84. The van der Waals surface area contributed by atoms with Gasteiger partial charge in [-0.15, -0.1) is 11.3 Å². The normalized spacial score (nSPS) is 21.7. The highest BCUT2D eigenvalue weighted by atomic mass is 79.9. The molecule has 1 aromatic rings. The van der Waals surface area contributed by atoms with Gasteiger partial charge in [-0.05, 0) is 22.0 Å². The minimum atomic E-state index is -0.152. The summed E-state index contributed by atoms with van der Waals surface area (Å²) in [6.45, 7) is 0.592. The molecule has 2 rings (SSSR count). The standard InChI is InChI=1S/C7H5BrO2S/c8-4-1-6(11-3-4)7(9)5-2-10-5/h1,3,5H,2H2. The molecule has 0 radical (unpaired) electrons. The number of hydrogen-bond donors (Lipinski definition) is 0. The first-order chi connectivity index (χ1) is 5.27. The summed E-state index contributed by atoms with van der Waals surface area (Å²) in [7, 11) is 0. The average molecular weight is 233 g/mol. The van der Waals surface area contributed by atoms with Crippen molar-refractivity contribution in [2.24, 2.45) is 0 Å². The maximum Gasteiger partial charge on any atom is 0.203 e. The van der Waals surface area contributed by atoms with E-state index in [1.54, 1.807) is 0 Å². The van der Waals surface area contributed by atoms with Crippen molar-refractivity contribution in [3.8, 4) is 0 Å². The van der Waals surface area contributed by atoms with Gasteiger partial charge in [-0.1, -0.05) is 0 Å². The molecule has 0 spiro atoms. The Bertz CT molecular complexity index is 290. The van der Waals surface area contributed by atoms with Gasteiger partial charge in [0.1, 0.15) is 6.10 Å². The maximum absolute atomic E-state index is 11.3. The molecule has 2 nitrogen and oxygen atoms in total. The van der Waals surface area contributed by atoms with Crippen molar-refractivity contribution in [3.63, 3.8) is 0 Å². The van der Waals surface area contributed by atoms with Gasteiger partial charge in [0, 0.05) is 9.85 Å². The Hall–Kier alpha value is -0.190. The zero-order valence-electron chi connectivity index (χ0n) is 5.54. The molecule has 2 heterocycles. The Labute approximate surface area is 76.3 Å². The molecule has 1 saturated heterocycles. The topological polar surface area (TPSA) is 29.6 Å². The number of carbonyl (C=O) groups is 1. The number of ether oxygens (including phenoxy) is 1. The Balaban J connectivity index is 2.21. The summed E-state index contributed by atoms with van der Waals surface area (Å²) in [5.74, 6) is 0.112. The average Bonchev–Trinajstić information content (AvgIpc) is 2.74. The van der Waals surface area contributed by atoms with E-state index in [2.05, 4.69) is 15.9 Å². The van der Waals surface area contributed by atoms with Crippen LogP contribution in [0, 0.1) is 0 Å². The minimum Gasteiger partial charge on any atom is -0.364 e. The summed E-state index contributed by atoms with van der Waals surface area (Å²) in [5.41, 5.74) is 0. The molecular weight excluding hydrogens is 228 g/mol. The zero-order valence-corrected chi connectivity index (χ0v) is 7.94. The van der Waals surface area contributed by atoms with E-state index in [1.165, 1.54) is 11.3 Å². The van der Waals surface area contributed by atoms with Crippen molar-refractivity contribution in [1.82, 2.24) is 0 Å². The molecule has 1 unspecified atom stereocenters. The molecule has 0 aliphatic carbocycles. The Kier molecular flexibility index (Phi) is 1.83. The van der Waals surface area contributed by atoms with Gasteiger partial charge in [-0.25, -0.2) is 0 Å². The second-order valence-electron chi connectivity index (χ2n) is 2.32. The van der Waals surface area contributed by atoms with Crippen LogP contribution in [0.4, 0.5) is 0 Å². The van der Waals surface area contributed by atoms with Crippen molar-refractivity contribution in [1.29, 1.82) is 0 Å². The number of rotatable bonds is 2. The van der Waals surface area contributed by atoms with Crippen LogP contribution in [0.1, 0.15) is 9.67 Å². The molecule has 1 atom stereocenters. The lowest BCUT2D eigenvalue weighted by atomic mass is 10.2. The fourth-order valence-corrected chi connectivity index (χ4v) is 2.21. The summed E-state index contributed by atoms with van der Waals surface area (Å²) < 4.78 is 5.84. The van der Waals surface area contributed by atoms with Gasteiger partial charge < -0.3 is 4.74 Å². The third kappa shape index (κ3) is 1.52. The highest BCUT2D eigenvalue weighted by Crippen LogP contribution is 2.24. The summed E-state index contributed by atoms with van der Waals surface area (Å²) in [6.07, 6.45) is -0.152. The third-order valence-corrected chi connectivity index (χ3v) is 3.14. The van der Waals surface area contributed by atoms with Crippen LogP contribution in [0.25, 0.3) is 0 Å². The van der Waals surface area contributed by atoms with Crippen LogP contribution in [0.15, 0.2) is 15.9 Å². The molecule has 0 saturated carbocycles. The van der Waals surface area contributed by atoms with E-state index in [0.29, 0.717) is 6.61 Å². The molecule has 0 aromatic carbocycles. The molecule has 58 valence electrons. The molecule has 1 fully saturated rings. The third-order valence-electron chi connectivity index (χ3n) is 1.44.